The zero-order valence-electron chi connectivity index (χ0n) is 11.2. The lowest BCUT2D eigenvalue weighted by Gasteiger charge is -2.35. The van der Waals surface area contributed by atoms with E-state index in [1.165, 1.54) is 25.8 Å². The van der Waals surface area contributed by atoms with Crippen LogP contribution < -0.4 is 0 Å². The molecular weight excluding hydrogens is 214 g/mol. The second kappa shape index (κ2) is 5.49. The standard InChI is InChI=1S/C14H25NO2/c1-12(2)13-3-6-15(9-13)10-14(11-16)4-7-17-8-5-14/h11-13H,3-10H2,1-2H3. The highest BCUT2D eigenvalue weighted by molar-refractivity contribution is 5.60. The Hall–Kier alpha value is -0.410. The maximum Gasteiger partial charge on any atom is 0.127 e. The number of likely N-dealkylation sites (tertiary alicyclic amines) is 1. The maximum atomic E-state index is 11.4. The molecule has 0 aliphatic carbocycles. The van der Waals surface area contributed by atoms with Crippen molar-refractivity contribution in [3.8, 4) is 0 Å². The molecule has 2 heterocycles. The number of nitrogens with zero attached hydrogens (tertiary/aromatic N) is 1. The van der Waals surface area contributed by atoms with Gasteiger partial charge < -0.3 is 14.4 Å². The van der Waals surface area contributed by atoms with Crippen LogP contribution in [-0.2, 0) is 9.53 Å². The van der Waals surface area contributed by atoms with Crippen LogP contribution in [0.2, 0.25) is 0 Å². The summed E-state index contributed by atoms with van der Waals surface area (Å²) < 4.78 is 5.37. The molecule has 0 aromatic heterocycles. The lowest BCUT2D eigenvalue weighted by Crippen LogP contribution is -2.42. The summed E-state index contributed by atoms with van der Waals surface area (Å²) in [4.78, 5) is 13.9. The van der Waals surface area contributed by atoms with E-state index in [9.17, 15) is 4.79 Å². The molecule has 2 fully saturated rings. The molecule has 98 valence electrons. The summed E-state index contributed by atoms with van der Waals surface area (Å²) in [5.74, 6) is 1.58. The summed E-state index contributed by atoms with van der Waals surface area (Å²) in [6.07, 6.45) is 4.29. The zero-order chi connectivity index (χ0) is 12.3. The van der Waals surface area contributed by atoms with Gasteiger partial charge in [0.05, 0.1) is 0 Å². The summed E-state index contributed by atoms with van der Waals surface area (Å²) >= 11 is 0. The smallest absolute Gasteiger partial charge is 0.127 e. The molecule has 0 N–H and O–H groups in total. The van der Waals surface area contributed by atoms with Crippen molar-refractivity contribution in [3.05, 3.63) is 0 Å². The van der Waals surface area contributed by atoms with Gasteiger partial charge in [-0.1, -0.05) is 13.8 Å². The van der Waals surface area contributed by atoms with Gasteiger partial charge >= 0.3 is 0 Å². The largest absolute Gasteiger partial charge is 0.381 e. The molecule has 0 spiro atoms. The third-order valence-corrected chi connectivity index (χ3v) is 4.53. The fourth-order valence-electron chi connectivity index (χ4n) is 3.09. The Bertz CT molecular complexity index is 259. The first-order valence-corrected chi connectivity index (χ1v) is 6.92. The van der Waals surface area contributed by atoms with Crippen molar-refractivity contribution >= 4 is 6.29 Å². The number of hydrogen-bond donors (Lipinski definition) is 0. The van der Waals surface area contributed by atoms with Crippen molar-refractivity contribution in [1.82, 2.24) is 4.90 Å². The molecular formula is C14H25NO2. The lowest BCUT2D eigenvalue weighted by atomic mass is 9.81. The average molecular weight is 239 g/mol. The number of carbonyl (C=O) groups excluding carboxylic acids is 1. The third kappa shape index (κ3) is 3.08. The van der Waals surface area contributed by atoms with E-state index in [2.05, 4.69) is 18.7 Å². The number of ether oxygens (including phenoxy) is 1. The molecule has 0 aromatic rings. The Morgan fingerprint density at radius 2 is 2.12 bits per heavy atom. The highest BCUT2D eigenvalue weighted by Crippen LogP contribution is 2.32. The van der Waals surface area contributed by atoms with Gasteiger partial charge in [0.15, 0.2) is 0 Å². The molecule has 0 aromatic carbocycles. The Kier molecular flexibility index (Phi) is 4.21. The van der Waals surface area contributed by atoms with Gasteiger partial charge in [-0.05, 0) is 37.6 Å². The minimum Gasteiger partial charge on any atom is -0.381 e. The average Bonchev–Trinajstić information content (AvgIpc) is 2.79. The van der Waals surface area contributed by atoms with Crippen LogP contribution in [0.1, 0.15) is 33.1 Å². The Labute approximate surface area is 105 Å². The molecule has 17 heavy (non-hydrogen) atoms. The molecule has 0 saturated carbocycles. The molecule has 2 rings (SSSR count). The molecule has 1 atom stereocenters. The number of rotatable bonds is 4. The third-order valence-electron chi connectivity index (χ3n) is 4.53. The monoisotopic (exact) mass is 239 g/mol. The summed E-state index contributed by atoms with van der Waals surface area (Å²) in [5, 5.41) is 0. The minimum atomic E-state index is -0.121. The normalized spacial score (nSPS) is 29.7. The van der Waals surface area contributed by atoms with Crippen LogP contribution in [0.5, 0.6) is 0 Å². The SMILES string of the molecule is CC(C)C1CCN(CC2(C=O)CCOCC2)C1. The predicted molar refractivity (Wildman–Crippen MR) is 67.9 cm³/mol. The highest BCUT2D eigenvalue weighted by atomic mass is 16.5. The summed E-state index contributed by atoms with van der Waals surface area (Å²) in [5.41, 5.74) is -0.121. The van der Waals surface area contributed by atoms with Gasteiger partial charge in [0.2, 0.25) is 0 Å². The van der Waals surface area contributed by atoms with Crippen LogP contribution in [-0.4, -0.2) is 44.0 Å². The number of hydrogen-bond acceptors (Lipinski definition) is 3. The Morgan fingerprint density at radius 1 is 1.41 bits per heavy atom. The van der Waals surface area contributed by atoms with Crippen LogP contribution >= 0.6 is 0 Å². The first-order valence-electron chi connectivity index (χ1n) is 6.92. The van der Waals surface area contributed by atoms with Gasteiger partial charge in [-0.15, -0.1) is 0 Å². The fourth-order valence-corrected chi connectivity index (χ4v) is 3.09. The Morgan fingerprint density at radius 3 is 2.65 bits per heavy atom. The summed E-state index contributed by atoms with van der Waals surface area (Å²) in [7, 11) is 0. The predicted octanol–water partition coefficient (Wildman–Crippen LogP) is 1.96. The van der Waals surface area contributed by atoms with Crippen molar-refractivity contribution in [2.45, 2.75) is 33.1 Å². The molecule has 2 aliphatic heterocycles. The van der Waals surface area contributed by atoms with E-state index in [4.69, 9.17) is 4.74 Å². The van der Waals surface area contributed by atoms with Crippen molar-refractivity contribution in [1.29, 1.82) is 0 Å². The molecule has 3 nitrogen and oxygen atoms in total. The molecule has 0 amide bonds. The van der Waals surface area contributed by atoms with E-state index >= 15 is 0 Å². The van der Waals surface area contributed by atoms with Crippen molar-refractivity contribution in [2.75, 3.05) is 32.8 Å². The number of aldehydes is 1. The first kappa shape index (κ1) is 13.0. The van der Waals surface area contributed by atoms with Gasteiger partial charge in [0.1, 0.15) is 6.29 Å². The van der Waals surface area contributed by atoms with E-state index in [-0.39, 0.29) is 5.41 Å². The molecule has 2 saturated heterocycles. The van der Waals surface area contributed by atoms with Crippen LogP contribution in [0.3, 0.4) is 0 Å². The lowest BCUT2D eigenvalue weighted by molar-refractivity contribution is -0.122. The zero-order valence-corrected chi connectivity index (χ0v) is 11.2. The second-order valence-corrected chi connectivity index (χ2v) is 6.12. The van der Waals surface area contributed by atoms with Crippen LogP contribution in [0.25, 0.3) is 0 Å². The topological polar surface area (TPSA) is 29.5 Å². The molecule has 2 aliphatic rings. The van der Waals surface area contributed by atoms with Gasteiger partial charge in [-0.25, -0.2) is 0 Å². The molecule has 0 bridgehead atoms. The van der Waals surface area contributed by atoms with E-state index in [1.54, 1.807) is 0 Å². The molecule has 1 unspecified atom stereocenters. The van der Waals surface area contributed by atoms with Gasteiger partial charge in [-0.2, -0.15) is 0 Å². The first-order chi connectivity index (χ1) is 8.15. The minimum absolute atomic E-state index is 0.121. The van der Waals surface area contributed by atoms with Crippen molar-refractivity contribution < 1.29 is 9.53 Å². The number of carbonyl (C=O) groups is 1. The van der Waals surface area contributed by atoms with Crippen LogP contribution in [0.4, 0.5) is 0 Å². The molecule has 0 radical (unpaired) electrons. The van der Waals surface area contributed by atoms with Gasteiger partial charge in [0, 0.05) is 31.7 Å². The van der Waals surface area contributed by atoms with E-state index < -0.39 is 0 Å². The van der Waals surface area contributed by atoms with E-state index in [0.717, 1.165) is 44.4 Å². The summed E-state index contributed by atoms with van der Waals surface area (Å²) in [6.45, 7) is 9.40. The fraction of sp³-hybridized carbons (Fsp3) is 0.929. The second-order valence-electron chi connectivity index (χ2n) is 6.12. The van der Waals surface area contributed by atoms with E-state index in [1.807, 2.05) is 0 Å². The van der Waals surface area contributed by atoms with Gasteiger partial charge in [-0.3, -0.25) is 0 Å². The van der Waals surface area contributed by atoms with Crippen molar-refractivity contribution in [2.24, 2.45) is 17.3 Å². The van der Waals surface area contributed by atoms with Crippen LogP contribution in [0, 0.1) is 17.3 Å². The maximum absolute atomic E-state index is 11.4. The van der Waals surface area contributed by atoms with Gasteiger partial charge in [0.25, 0.3) is 0 Å². The van der Waals surface area contributed by atoms with Crippen molar-refractivity contribution in [3.63, 3.8) is 0 Å². The Balaban J connectivity index is 1.89. The van der Waals surface area contributed by atoms with Crippen LogP contribution in [0.15, 0.2) is 0 Å². The quantitative estimate of drug-likeness (QED) is 0.702. The summed E-state index contributed by atoms with van der Waals surface area (Å²) in [6, 6.07) is 0. The highest BCUT2D eigenvalue weighted by Gasteiger charge is 2.36. The molecule has 3 heteroatoms. The van der Waals surface area contributed by atoms with E-state index in [0.29, 0.717) is 0 Å².